The summed E-state index contributed by atoms with van der Waals surface area (Å²) in [4.78, 5) is 18.6. The minimum absolute atomic E-state index is 0.0700. The van der Waals surface area contributed by atoms with Crippen LogP contribution >= 0.6 is 0 Å². The Hall–Kier alpha value is -1.30. The van der Waals surface area contributed by atoms with E-state index in [0.29, 0.717) is 12.6 Å². The average molecular weight is 338 g/mol. The maximum atomic E-state index is 12.1. The smallest absolute Gasteiger partial charge is 0.225 e. The van der Waals surface area contributed by atoms with Gasteiger partial charge in [0.1, 0.15) is 0 Å². The number of hydrogen-bond acceptors (Lipinski definition) is 3. The van der Waals surface area contributed by atoms with Crippen molar-refractivity contribution in [2.45, 2.75) is 70.9 Å². The largest absolute Gasteiger partial charge is 0.388 e. The third-order valence-corrected chi connectivity index (χ3v) is 5.05. The van der Waals surface area contributed by atoms with Gasteiger partial charge in [-0.3, -0.25) is 9.79 Å². The minimum atomic E-state index is -0.616. The number of likely N-dealkylation sites (tertiary alicyclic amines) is 1. The lowest BCUT2D eigenvalue weighted by Gasteiger charge is -2.34. The molecule has 0 bridgehead atoms. The number of carbonyl (C=O) groups is 1. The first-order chi connectivity index (χ1) is 11.4. The molecule has 0 aromatic heterocycles. The number of nitrogens with zero attached hydrogens (tertiary/aromatic N) is 2. The second kappa shape index (κ2) is 8.70. The fraction of sp³-hybridized carbons (Fsp3) is 0.889. The molecule has 138 valence electrons. The Labute approximate surface area is 146 Å². The summed E-state index contributed by atoms with van der Waals surface area (Å²) in [6.45, 7) is 8.83. The number of guanidine groups is 1. The highest BCUT2D eigenvalue weighted by Crippen LogP contribution is 2.29. The number of aliphatic hydroxyl groups is 1. The first kappa shape index (κ1) is 19.0. The topological polar surface area (TPSA) is 77.0 Å². The standard InChI is InChI=1S/C18H34N4O2/c1-4-19-17(20-13-18(24)9-5-6-10-18)21-15-7-11-22(12-8-15)16(23)14(2)3/h14-15,24H,4-13H2,1-3H3,(H2,19,20,21). The molecule has 1 aliphatic carbocycles. The Morgan fingerprint density at radius 1 is 1.29 bits per heavy atom. The lowest BCUT2D eigenvalue weighted by atomic mass is 10.0. The van der Waals surface area contributed by atoms with Gasteiger partial charge in [0.05, 0.1) is 12.1 Å². The van der Waals surface area contributed by atoms with Gasteiger partial charge in [0, 0.05) is 31.6 Å². The van der Waals surface area contributed by atoms with Crippen LogP contribution in [-0.2, 0) is 4.79 Å². The quantitative estimate of drug-likeness (QED) is 0.524. The molecule has 1 saturated carbocycles. The van der Waals surface area contributed by atoms with Crippen molar-refractivity contribution < 1.29 is 9.90 Å². The van der Waals surface area contributed by atoms with Crippen molar-refractivity contribution in [3.05, 3.63) is 0 Å². The van der Waals surface area contributed by atoms with Crippen molar-refractivity contribution in [2.75, 3.05) is 26.2 Å². The zero-order valence-electron chi connectivity index (χ0n) is 15.5. The van der Waals surface area contributed by atoms with Crippen LogP contribution in [0.2, 0.25) is 0 Å². The van der Waals surface area contributed by atoms with Crippen molar-refractivity contribution in [3.63, 3.8) is 0 Å². The van der Waals surface area contributed by atoms with Gasteiger partial charge in [-0.15, -0.1) is 0 Å². The normalized spacial score (nSPS) is 22.0. The third kappa shape index (κ3) is 5.36. The van der Waals surface area contributed by atoms with Gasteiger partial charge in [0.2, 0.25) is 5.91 Å². The van der Waals surface area contributed by atoms with Crippen LogP contribution in [0, 0.1) is 5.92 Å². The lowest BCUT2D eigenvalue weighted by Crippen LogP contribution is -2.50. The Morgan fingerprint density at radius 3 is 2.46 bits per heavy atom. The van der Waals surface area contributed by atoms with Gasteiger partial charge < -0.3 is 20.6 Å². The molecule has 2 fully saturated rings. The first-order valence-corrected chi connectivity index (χ1v) is 9.49. The summed E-state index contributed by atoms with van der Waals surface area (Å²) in [5.41, 5.74) is -0.616. The third-order valence-electron chi connectivity index (χ3n) is 5.05. The average Bonchev–Trinajstić information content (AvgIpc) is 3.00. The second-order valence-electron chi connectivity index (χ2n) is 7.53. The summed E-state index contributed by atoms with van der Waals surface area (Å²) in [7, 11) is 0. The predicted octanol–water partition coefficient (Wildman–Crippen LogP) is 1.49. The summed E-state index contributed by atoms with van der Waals surface area (Å²) in [6, 6.07) is 0.331. The summed E-state index contributed by atoms with van der Waals surface area (Å²) < 4.78 is 0. The number of nitrogens with one attached hydrogen (secondary N) is 2. The molecule has 3 N–H and O–H groups in total. The van der Waals surface area contributed by atoms with Crippen LogP contribution in [-0.4, -0.2) is 59.7 Å². The molecule has 0 radical (unpaired) electrons. The SMILES string of the molecule is CCNC(=NCC1(O)CCCC1)NC1CCN(C(=O)C(C)C)CC1. The van der Waals surface area contributed by atoms with Gasteiger partial charge in [0.15, 0.2) is 5.96 Å². The Morgan fingerprint density at radius 2 is 1.92 bits per heavy atom. The zero-order valence-corrected chi connectivity index (χ0v) is 15.5. The number of aliphatic imine (C=N–C) groups is 1. The molecule has 6 heteroatoms. The minimum Gasteiger partial charge on any atom is -0.388 e. The van der Waals surface area contributed by atoms with E-state index >= 15 is 0 Å². The van der Waals surface area contributed by atoms with E-state index in [0.717, 1.165) is 64.1 Å². The molecule has 1 heterocycles. The van der Waals surface area contributed by atoms with Gasteiger partial charge >= 0.3 is 0 Å². The molecule has 24 heavy (non-hydrogen) atoms. The summed E-state index contributed by atoms with van der Waals surface area (Å²) in [5, 5.41) is 17.2. The van der Waals surface area contributed by atoms with E-state index in [1.54, 1.807) is 0 Å². The first-order valence-electron chi connectivity index (χ1n) is 9.49. The fourth-order valence-corrected chi connectivity index (χ4v) is 3.54. The maximum absolute atomic E-state index is 12.1. The van der Waals surface area contributed by atoms with Crippen LogP contribution in [0.25, 0.3) is 0 Å². The monoisotopic (exact) mass is 338 g/mol. The van der Waals surface area contributed by atoms with E-state index < -0.39 is 5.60 Å². The van der Waals surface area contributed by atoms with Crippen molar-refractivity contribution in [1.29, 1.82) is 0 Å². The van der Waals surface area contributed by atoms with Gasteiger partial charge in [0.25, 0.3) is 0 Å². The van der Waals surface area contributed by atoms with Crippen molar-refractivity contribution in [2.24, 2.45) is 10.9 Å². The van der Waals surface area contributed by atoms with E-state index in [1.165, 1.54) is 0 Å². The molecule has 1 aliphatic heterocycles. The van der Waals surface area contributed by atoms with Gasteiger partial charge in [-0.2, -0.15) is 0 Å². The zero-order chi connectivity index (χ0) is 17.6. The molecule has 2 rings (SSSR count). The molecule has 0 atom stereocenters. The Bertz CT molecular complexity index is 436. The maximum Gasteiger partial charge on any atom is 0.225 e. The van der Waals surface area contributed by atoms with Gasteiger partial charge in [-0.25, -0.2) is 0 Å². The molecule has 0 aromatic rings. The van der Waals surface area contributed by atoms with E-state index in [1.807, 2.05) is 25.7 Å². The number of carbonyl (C=O) groups excluding carboxylic acids is 1. The number of amides is 1. The summed E-state index contributed by atoms with van der Waals surface area (Å²) >= 11 is 0. The number of hydrogen-bond donors (Lipinski definition) is 3. The fourth-order valence-electron chi connectivity index (χ4n) is 3.54. The van der Waals surface area contributed by atoms with E-state index in [9.17, 15) is 9.90 Å². The van der Waals surface area contributed by atoms with Crippen LogP contribution in [0.3, 0.4) is 0 Å². The highest BCUT2D eigenvalue weighted by atomic mass is 16.3. The number of piperidine rings is 1. The summed E-state index contributed by atoms with van der Waals surface area (Å²) in [6.07, 6.45) is 5.77. The molecular weight excluding hydrogens is 304 g/mol. The summed E-state index contributed by atoms with van der Waals surface area (Å²) in [5.74, 6) is 1.10. The lowest BCUT2D eigenvalue weighted by molar-refractivity contribution is -0.135. The molecular formula is C18H34N4O2. The van der Waals surface area contributed by atoms with Crippen LogP contribution in [0.1, 0.15) is 59.3 Å². The van der Waals surface area contributed by atoms with Gasteiger partial charge in [-0.05, 0) is 32.6 Å². The van der Waals surface area contributed by atoms with Crippen LogP contribution in [0.15, 0.2) is 4.99 Å². The molecule has 2 aliphatic rings. The van der Waals surface area contributed by atoms with Crippen molar-refractivity contribution in [3.8, 4) is 0 Å². The Balaban J connectivity index is 1.84. The molecule has 0 unspecified atom stereocenters. The van der Waals surface area contributed by atoms with E-state index in [4.69, 9.17) is 0 Å². The van der Waals surface area contributed by atoms with Crippen molar-refractivity contribution >= 4 is 11.9 Å². The van der Waals surface area contributed by atoms with E-state index in [-0.39, 0.29) is 11.8 Å². The molecule has 6 nitrogen and oxygen atoms in total. The van der Waals surface area contributed by atoms with Crippen LogP contribution in [0.4, 0.5) is 0 Å². The van der Waals surface area contributed by atoms with E-state index in [2.05, 4.69) is 15.6 Å². The van der Waals surface area contributed by atoms with Gasteiger partial charge in [-0.1, -0.05) is 26.7 Å². The molecule has 0 aromatic carbocycles. The molecule has 1 saturated heterocycles. The molecule has 0 spiro atoms. The second-order valence-corrected chi connectivity index (χ2v) is 7.53. The van der Waals surface area contributed by atoms with Crippen molar-refractivity contribution in [1.82, 2.24) is 15.5 Å². The predicted molar refractivity (Wildman–Crippen MR) is 97.0 cm³/mol. The highest BCUT2D eigenvalue weighted by molar-refractivity contribution is 5.80. The Kier molecular flexibility index (Phi) is 6.90. The van der Waals surface area contributed by atoms with Crippen LogP contribution < -0.4 is 10.6 Å². The molecule has 1 amide bonds. The highest BCUT2D eigenvalue weighted by Gasteiger charge is 2.31. The van der Waals surface area contributed by atoms with Crippen LogP contribution in [0.5, 0.6) is 0 Å². The number of rotatable bonds is 5.